The fourth-order valence-corrected chi connectivity index (χ4v) is 4.90. The molecule has 154 valence electrons. The van der Waals surface area contributed by atoms with E-state index in [1.807, 2.05) is 58.4 Å². The minimum Gasteiger partial charge on any atom is -0.341 e. The number of nitrogens with one attached hydrogen (secondary N) is 1. The molecular formula is C22H22N4O2S2. The molecule has 0 atom stereocenters. The lowest BCUT2D eigenvalue weighted by Crippen LogP contribution is -2.38. The lowest BCUT2D eigenvalue weighted by Gasteiger charge is -2.26. The van der Waals surface area contributed by atoms with Crippen LogP contribution in [0.2, 0.25) is 0 Å². The van der Waals surface area contributed by atoms with Crippen molar-refractivity contribution in [1.82, 2.24) is 14.9 Å². The zero-order valence-corrected chi connectivity index (χ0v) is 18.0. The molecule has 1 aliphatic rings. The third-order valence-electron chi connectivity index (χ3n) is 4.76. The van der Waals surface area contributed by atoms with Gasteiger partial charge in [-0.2, -0.15) is 11.8 Å². The molecule has 0 bridgehead atoms. The number of aromatic nitrogens is 2. The molecule has 2 amide bonds. The van der Waals surface area contributed by atoms with Crippen molar-refractivity contribution in [2.24, 2.45) is 0 Å². The van der Waals surface area contributed by atoms with Crippen LogP contribution in [0.4, 0.5) is 5.69 Å². The summed E-state index contributed by atoms with van der Waals surface area (Å²) in [5, 5.41) is 5.65. The average molecular weight is 439 g/mol. The Morgan fingerprint density at radius 3 is 2.60 bits per heavy atom. The lowest BCUT2D eigenvalue weighted by atomic mass is 10.1. The highest BCUT2D eigenvalue weighted by Crippen LogP contribution is 2.23. The number of pyridine rings is 1. The van der Waals surface area contributed by atoms with E-state index in [1.54, 1.807) is 12.4 Å². The van der Waals surface area contributed by atoms with Gasteiger partial charge in [-0.15, -0.1) is 11.3 Å². The summed E-state index contributed by atoms with van der Waals surface area (Å²) in [4.78, 5) is 35.3. The van der Waals surface area contributed by atoms with Gasteiger partial charge in [-0.3, -0.25) is 14.6 Å². The van der Waals surface area contributed by atoms with Crippen LogP contribution in [0, 0.1) is 0 Å². The van der Waals surface area contributed by atoms with Crippen molar-refractivity contribution >= 4 is 40.6 Å². The minimum atomic E-state index is -0.118. The number of benzene rings is 1. The third-order valence-corrected chi connectivity index (χ3v) is 6.64. The van der Waals surface area contributed by atoms with Gasteiger partial charge < -0.3 is 10.2 Å². The van der Waals surface area contributed by atoms with E-state index in [9.17, 15) is 9.59 Å². The number of anilines is 1. The summed E-state index contributed by atoms with van der Waals surface area (Å²) in [7, 11) is 0. The average Bonchev–Trinajstić information content (AvgIpc) is 3.24. The number of thiazole rings is 1. The van der Waals surface area contributed by atoms with Crippen LogP contribution in [0.1, 0.15) is 11.3 Å². The maximum Gasteiger partial charge on any atom is 0.230 e. The van der Waals surface area contributed by atoms with Gasteiger partial charge in [0.1, 0.15) is 5.01 Å². The topological polar surface area (TPSA) is 75.2 Å². The second-order valence-electron chi connectivity index (χ2n) is 6.98. The summed E-state index contributed by atoms with van der Waals surface area (Å²) >= 11 is 3.39. The molecule has 1 aliphatic heterocycles. The van der Waals surface area contributed by atoms with Crippen molar-refractivity contribution in [2.45, 2.75) is 12.8 Å². The summed E-state index contributed by atoms with van der Waals surface area (Å²) in [5.74, 6) is 2.08. The minimum absolute atomic E-state index is 0.118. The van der Waals surface area contributed by atoms with E-state index < -0.39 is 0 Å². The first-order valence-corrected chi connectivity index (χ1v) is 11.8. The Kier molecular flexibility index (Phi) is 6.76. The van der Waals surface area contributed by atoms with Crippen LogP contribution in [0.25, 0.3) is 10.6 Å². The fourth-order valence-electron chi connectivity index (χ4n) is 3.18. The van der Waals surface area contributed by atoms with Gasteiger partial charge in [0.2, 0.25) is 11.8 Å². The number of carbonyl (C=O) groups excluding carboxylic acids is 2. The van der Waals surface area contributed by atoms with E-state index in [1.165, 1.54) is 11.3 Å². The van der Waals surface area contributed by atoms with E-state index in [4.69, 9.17) is 0 Å². The van der Waals surface area contributed by atoms with Crippen LogP contribution in [0.5, 0.6) is 0 Å². The fraction of sp³-hybridized carbons (Fsp3) is 0.273. The molecule has 0 unspecified atom stereocenters. The first-order valence-electron chi connectivity index (χ1n) is 9.76. The predicted octanol–water partition coefficient (Wildman–Crippen LogP) is 3.50. The molecule has 3 aromatic rings. The molecule has 0 spiro atoms. The molecule has 2 aromatic heterocycles. The van der Waals surface area contributed by atoms with Gasteiger partial charge in [0, 0.05) is 53.6 Å². The van der Waals surface area contributed by atoms with Crippen LogP contribution in [-0.4, -0.2) is 51.3 Å². The van der Waals surface area contributed by atoms with E-state index >= 15 is 0 Å². The van der Waals surface area contributed by atoms with Crippen molar-refractivity contribution in [3.8, 4) is 10.6 Å². The standard InChI is InChI=1S/C22H22N4O2S2/c27-20(13-19-15-30-22(25-19)17-2-1-7-23-14-17)24-18-5-3-16(4-6-18)12-21(28)26-8-10-29-11-9-26/h1-7,14-15H,8-13H2,(H,24,27). The zero-order valence-electron chi connectivity index (χ0n) is 16.4. The third kappa shape index (κ3) is 5.46. The first kappa shape index (κ1) is 20.6. The number of carbonyl (C=O) groups is 2. The summed E-state index contributed by atoms with van der Waals surface area (Å²) in [6.07, 6.45) is 4.09. The van der Waals surface area contributed by atoms with E-state index in [2.05, 4.69) is 15.3 Å². The number of hydrogen-bond acceptors (Lipinski definition) is 6. The van der Waals surface area contributed by atoms with Crippen molar-refractivity contribution < 1.29 is 9.59 Å². The van der Waals surface area contributed by atoms with Crippen molar-refractivity contribution in [2.75, 3.05) is 29.9 Å². The monoisotopic (exact) mass is 438 g/mol. The van der Waals surface area contributed by atoms with Gasteiger partial charge in [0.05, 0.1) is 18.5 Å². The smallest absolute Gasteiger partial charge is 0.230 e. The van der Waals surface area contributed by atoms with Gasteiger partial charge in [-0.25, -0.2) is 4.98 Å². The summed E-state index contributed by atoms with van der Waals surface area (Å²) in [5.41, 5.74) is 3.35. The molecule has 1 N–H and O–H groups in total. The summed E-state index contributed by atoms with van der Waals surface area (Å²) in [6, 6.07) is 11.3. The highest BCUT2D eigenvalue weighted by Gasteiger charge is 2.17. The maximum absolute atomic E-state index is 12.4. The Bertz CT molecular complexity index is 999. The SMILES string of the molecule is O=C(Cc1csc(-c2cccnc2)n1)Nc1ccc(CC(=O)N2CCSCC2)cc1. The number of thioether (sulfide) groups is 1. The number of rotatable bonds is 6. The van der Waals surface area contributed by atoms with Gasteiger partial charge in [0.15, 0.2) is 0 Å². The van der Waals surface area contributed by atoms with E-state index in [0.29, 0.717) is 12.1 Å². The number of hydrogen-bond donors (Lipinski definition) is 1. The van der Waals surface area contributed by atoms with Crippen LogP contribution in [0.15, 0.2) is 54.2 Å². The Hall–Kier alpha value is -2.71. The second kappa shape index (κ2) is 9.86. The van der Waals surface area contributed by atoms with Crippen molar-refractivity contribution in [3.05, 3.63) is 65.4 Å². The Labute approximate surface area is 183 Å². The molecule has 0 radical (unpaired) electrons. The molecule has 3 heterocycles. The largest absolute Gasteiger partial charge is 0.341 e. The molecule has 4 rings (SSSR count). The molecule has 1 aromatic carbocycles. The normalized spacial score (nSPS) is 13.8. The Balaban J connectivity index is 1.29. The number of amides is 2. The molecule has 0 saturated carbocycles. The molecule has 1 fully saturated rings. The van der Waals surface area contributed by atoms with Crippen LogP contribution in [0.3, 0.4) is 0 Å². The molecule has 8 heteroatoms. The van der Waals surface area contributed by atoms with E-state index in [-0.39, 0.29) is 18.2 Å². The lowest BCUT2D eigenvalue weighted by molar-refractivity contribution is -0.130. The predicted molar refractivity (Wildman–Crippen MR) is 122 cm³/mol. The number of nitrogens with zero attached hydrogens (tertiary/aromatic N) is 3. The van der Waals surface area contributed by atoms with Gasteiger partial charge in [-0.1, -0.05) is 12.1 Å². The highest BCUT2D eigenvalue weighted by atomic mass is 32.2. The van der Waals surface area contributed by atoms with Crippen LogP contribution < -0.4 is 5.32 Å². The van der Waals surface area contributed by atoms with Crippen LogP contribution in [-0.2, 0) is 22.4 Å². The molecule has 0 aliphatic carbocycles. The molecular weight excluding hydrogens is 416 g/mol. The second-order valence-corrected chi connectivity index (χ2v) is 9.06. The van der Waals surface area contributed by atoms with E-state index in [0.717, 1.165) is 46.4 Å². The summed E-state index contributed by atoms with van der Waals surface area (Å²) in [6.45, 7) is 1.66. The quantitative estimate of drug-likeness (QED) is 0.638. The van der Waals surface area contributed by atoms with Gasteiger partial charge in [-0.05, 0) is 29.8 Å². The first-order chi connectivity index (χ1) is 14.7. The van der Waals surface area contributed by atoms with Crippen molar-refractivity contribution in [1.29, 1.82) is 0 Å². The van der Waals surface area contributed by atoms with Gasteiger partial charge >= 0.3 is 0 Å². The Morgan fingerprint density at radius 1 is 1.07 bits per heavy atom. The molecule has 1 saturated heterocycles. The van der Waals surface area contributed by atoms with Gasteiger partial charge in [0.25, 0.3) is 0 Å². The molecule has 30 heavy (non-hydrogen) atoms. The van der Waals surface area contributed by atoms with Crippen LogP contribution >= 0.6 is 23.1 Å². The van der Waals surface area contributed by atoms with Crippen molar-refractivity contribution in [3.63, 3.8) is 0 Å². The maximum atomic E-state index is 12.4. The Morgan fingerprint density at radius 2 is 1.87 bits per heavy atom. The highest BCUT2D eigenvalue weighted by molar-refractivity contribution is 7.99. The molecule has 6 nitrogen and oxygen atoms in total. The zero-order chi connectivity index (χ0) is 20.8. The summed E-state index contributed by atoms with van der Waals surface area (Å²) < 4.78 is 0.